The van der Waals surface area contributed by atoms with Crippen LogP contribution in [0.3, 0.4) is 0 Å². The van der Waals surface area contributed by atoms with Crippen LogP contribution in [-0.4, -0.2) is 67.0 Å². The van der Waals surface area contributed by atoms with Crippen molar-refractivity contribution in [2.45, 2.75) is 25.1 Å². The van der Waals surface area contributed by atoms with E-state index in [1.807, 2.05) is 4.90 Å². The molecule has 0 aromatic heterocycles. The Balaban J connectivity index is 1.71. The third-order valence-corrected chi connectivity index (χ3v) is 4.07. The van der Waals surface area contributed by atoms with Crippen LogP contribution in [0.25, 0.3) is 0 Å². The van der Waals surface area contributed by atoms with Crippen LogP contribution in [0.2, 0.25) is 0 Å². The number of alkyl halides is 1. The van der Waals surface area contributed by atoms with E-state index in [1.165, 1.54) is 0 Å². The zero-order valence-electron chi connectivity index (χ0n) is 11.1. The lowest BCUT2D eigenvalue weighted by molar-refractivity contribution is -0.132. The molecule has 0 N–H and O–H groups in total. The Kier molecular flexibility index (Phi) is 5.27. The number of hydrogen-bond acceptors (Lipinski definition) is 3. The Bertz CT molecular complexity index is 272. The van der Waals surface area contributed by atoms with Crippen LogP contribution in [0.1, 0.15) is 19.8 Å². The molecule has 0 aromatic carbocycles. The van der Waals surface area contributed by atoms with Gasteiger partial charge < -0.3 is 9.64 Å². The molecule has 2 aliphatic rings. The van der Waals surface area contributed by atoms with Crippen molar-refractivity contribution in [3.63, 3.8) is 0 Å². The maximum Gasteiger partial charge on any atom is 0.240 e. The van der Waals surface area contributed by atoms with Crippen molar-refractivity contribution >= 4 is 17.5 Å². The number of carbonyl (C=O) groups is 1. The van der Waals surface area contributed by atoms with Crippen molar-refractivity contribution in [2.24, 2.45) is 5.92 Å². The second-order valence-electron chi connectivity index (χ2n) is 5.30. The monoisotopic (exact) mass is 274 g/mol. The molecule has 1 unspecified atom stereocenters. The molecule has 104 valence electrons. The van der Waals surface area contributed by atoms with Gasteiger partial charge in [-0.3, -0.25) is 9.69 Å². The Morgan fingerprint density at radius 2 is 1.89 bits per heavy atom. The fraction of sp³-hybridized carbons (Fsp3) is 0.923. The van der Waals surface area contributed by atoms with E-state index in [4.69, 9.17) is 16.3 Å². The number of likely N-dealkylation sites (tertiary alicyclic amines) is 1. The lowest BCUT2D eigenvalue weighted by Gasteiger charge is -2.36. The molecule has 1 amide bonds. The van der Waals surface area contributed by atoms with Gasteiger partial charge in [-0.1, -0.05) is 0 Å². The number of ether oxygens (including phenoxy) is 1. The van der Waals surface area contributed by atoms with Gasteiger partial charge >= 0.3 is 0 Å². The predicted molar refractivity (Wildman–Crippen MR) is 71.9 cm³/mol. The van der Waals surface area contributed by atoms with E-state index < -0.39 is 0 Å². The third kappa shape index (κ3) is 3.84. The molecule has 2 saturated heterocycles. The summed E-state index contributed by atoms with van der Waals surface area (Å²) in [5.41, 5.74) is 0. The largest absolute Gasteiger partial charge is 0.379 e. The van der Waals surface area contributed by atoms with E-state index in [-0.39, 0.29) is 11.3 Å². The van der Waals surface area contributed by atoms with E-state index >= 15 is 0 Å². The first-order valence-electron chi connectivity index (χ1n) is 6.90. The summed E-state index contributed by atoms with van der Waals surface area (Å²) in [6.45, 7) is 8.47. The molecular weight excluding hydrogens is 252 g/mol. The maximum absolute atomic E-state index is 11.8. The first-order valence-corrected chi connectivity index (χ1v) is 7.33. The molecule has 4 nitrogen and oxygen atoms in total. The Morgan fingerprint density at radius 1 is 1.28 bits per heavy atom. The Hall–Kier alpha value is -0.320. The van der Waals surface area contributed by atoms with Crippen LogP contribution in [0.4, 0.5) is 0 Å². The van der Waals surface area contributed by atoms with Gasteiger partial charge in [-0.2, -0.15) is 0 Å². The number of morpholine rings is 1. The molecule has 18 heavy (non-hydrogen) atoms. The molecule has 1 atom stereocenters. The van der Waals surface area contributed by atoms with Crippen LogP contribution in [0.15, 0.2) is 0 Å². The zero-order valence-corrected chi connectivity index (χ0v) is 11.9. The average molecular weight is 275 g/mol. The number of piperidine rings is 1. The molecule has 0 aliphatic carbocycles. The topological polar surface area (TPSA) is 32.8 Å². The second kappa shape index (κ2) is 6.73. The van der Waals surface area contributed by atoms with E-state index in [0.29, 0.717) is 0 Å². The fourth-order valence-electron chi connectivity index (χ4n) is 2.74. The maximum atomic E-state index is 11.8. The predicted octanol–water partition coefficient (Wildman–Crippen LogP) is 1.18. The van der Waals surface area contributed by atoms with E-state index in [2.05, 4.69) is 4.90 Å². The highest BCUT2D eigenvalue weighted by atomic mass is 35.5. The summed E-state index contributed by atoms with van der Waals surface area (Å²) in [5.74, 6) is 0.805. The average Bonchev–Trinajstić information content (AvgIpc) is 2.40. The van der Waals surface area contributed by atoms with E-state index in [9.17, 15) is 4.79 Å². The van der Waals surface area contributed by atoms with Gasteiger partial charge in [0.2, 0.25) is 5.91 Å². The normalized spacial score (nSPS) is 25.1. The van der Waals surface area contributed by atoms with Gasteiger partial charge in [-0.15, -0.1) is 11.6 Å². The van der Waals surface area contributed by atoms with Crippen molar-refractivity contribution < 1.29 is 9.53 Å². The van der Waals surface area contributed by atoms with Crippen LogP contribution in [0, 0.1) is 5.92 Å². The highest BCUT2D eigenvalue weighted by molar-refractivity contribution is 6.30. The minimum atomic E-state index is -0.388. The smallest absolute Gasteiger partial charge is 0.240 e. The summed E-state index contributed by atoms with van der Waals surface area (Å²) in [6, 6.07) is 0. The van der Waals surface area contributed by atoms with Crippen molar-refractivity contribution in [1.82, 2.24) is 9.80 Å². The first-order chi connectivity index (χ1) is 8.66. The quantitative estimate of drug-likeness (QED) is 0.725. The molecule has 2 fully saturated rings. The number of hydrogen-bond donors (Lipinski definition) is 0. The molecule has 0 spiro atoms. The molecule has 0 bridgehead atoms. The fourth-order valence-corrected chi connectivity index (χ4v) is 2.87. The highest BCUT2D eigenvalue weighted by Crippen LogP contribution is 2.20. The zero-order chi connectivity index (χ0) is 13.0. The summed E-state index contributed by atoms with van der Waals surface area (Å²) >= 11 is 5.84. The van der Waals surface area contributed by atoms with Crippen molar-refractivity contribution in [2.75, 3.05) is 45.9 Å². The number of nitrogens with zero attached hydrogens (tertiary/aromatic N) is 2. The van der Waals surface area contributed by atoms with Crippen LogP contribution < -0.4 is 0 Å². The van der Waals surface area contributed by atoms with Crippen LogP contribution in [0.5, 0.6) is 0 Å². The summed E-state index contributed by atoms with van der Waals surface area (Å²) in [5, 5.41) is -0.388. The van der Waals surface area contributed by atoms with Crippen molar-refractivity contribution in [3.8, 4) is 0 Å². The molecule has 5 heteroatoms. The molecule has 0 aromatic rings. The van der Waals surface area contributed by atoms with Gasteiger partial charge in [0, 0.05) is 32.7 Å². The summed E-state index contributed by atoms with van der Waals surface area (Å²) in [4.78, 5) is 16.2. The summed E-state index contributed by atoms with van der Waals surface area (Å²) in [6.07, 6.45) is 2.21. The molecule has 2 heterocycles. The standard InChI is InChI=1S/C13H23ClN2O2/c1-11(14)13(17)16-4-2-12(3-5-16)10-15-6-8-18-9-7-15/h11-12H,2-10H2,1H3. The molecule has 0 radical (unpaired) electrons. The first kappa shape index (κ1) is 14.1. The number of rotatable bonds is 3. The molecule has 2 aliphatic heterocycles. The van der Waals surface area contributed by atoms with Gasteiger partial charge in [0.25, 0.3) is 0 Å². The van der Waals surface area contributed by atoms with E-state index in [1.54, 1.807) is 6.92 Å². The Labute approximate surface area is 114 Å². The van der Waals surface area contributed by atoms with Crippen molar-refractivity contribution in [3.05, 3.63) is 0 Å². The summed E-state index contributed by atoms with van der Waals surface area (Å²) in [7, 11) is 0. The minimum Gasteiger partial charge on any atom is -0.379 e. The lowest BCUT2D eigenvalue weighted by atomic mass is 9.96. The third-order valence-electron chi connectivity index (χ3n) is 3.89. The molecule has 2 rings (SSSR count). The van der Waals surface area contributed by atoms with Gasteiger partial charge in [-0.25, -0.2) is 0 Å². The van der Waals surface area contributed by atoms with Gasteiger partial charge in [0.05, 0.1) is 13.2 Å². The van der Waals surface area contributed by atoms with Crippen molar-refractivity contribution in [1.29, 1.82) is 0 Å². The van der Waals surface area contributed by atoms with E-state index in [0.717, 1.165) is 64.7 Å². The highest BCUT2D eigenvalue weighted by Gasteiger charge is 2.26. The molecule has 0 saturated carbocycles. The lowest BCUT2D eigenvalue weighted by Crippen LogP contribution is -2.45. The van der Waals surface area contributed by atoms with Gasteiger partial charge in [-0.05, 0) is 25.7 Å². The second-order valence-corrected chi connectivity index (χ2v) is 5.95. The minimum absolute atomic E-state index is 0.0847. The number of halogens is 1. The Morgan fingerprint density at radius 3 is 2.44 bits per heavy atom. The SMILES string of the molecule is CC(Cl)C(=O)N1CCC(CN2CCOCC2)CC1. The molecular formula is C13H23ClN2O2. The van der Waals surface area contributed by atoms with Crippen LogP contribution >= 0.6 is 11.6 Å². The number of amides is 1. The van der Waals surface area contributed by atoms with Crippen LogP contribution in [-0.2, 0) is 9.53 Å². The number of carbonyl (C=O) groups excluding carboxylic acids is 1. The van der Waals surface area contributed by atoms with Gasteiger partial charge in [0.15, 0.2) is 0 Å². The summed E-state index contributed by atoms with van der Waals surface area (Å²) < 4.78 is 5.35. The van der Waals surface area contributed by atoms with Gasteiger partial charge in [0.1, 0.15) is 5.38 Å².